The van der Waals surface area contributed by atoms with Crippen LogP contribution in [0.25, 0.3) is 6.08 Å². The van der Waals surface area contributed by atoms with Gasteiger partial charge in [-0.25, -0.2) is 4.79 Å². The average molecular weight is 173 g/mol. The maximum Gasteiger partial charge on any atom is 0.422 e. The summed E-state index contributed by atoms with van der Waals surface area (Å²) < 4.78 is 4.23. The minimum absolute atomic E-state index is 1.10. The van der Waals surface area contributed by atoms with Crippen molar-refractivity contribution in [3.63, 3.8) is 0 Å². The Morgan fingerprint density at radius 3 is 2.62 bits per heavy atom. The van der Waals surface area contributed by atoms with Crippen molar-refractivity contribution >= 4 is 12.5 Å². The first kappa shape index (κ1) is 9.26. The van der Waals surface area contributed by atoms with Crippen LogP contribution in [-0.2, 0) is 9.53 Å². The maximum absolute atomic E-state index is 9.62. The highest BCUT2D eigenvalue weighted by atomic mass is 16.5. The maximum atomic E-state index is 9.62. The van der Waals surface area contributed by atoms with E-state index in [1.54, 1.807) is 12.2 Å². The van der Waals surface area contributed by atoms with Crippen LogP contribution >= 0.6 is 0 Å². The van der Waals surface area contributed by atoms with Crippen molar-refractivity contribution in [1.29, 1.82) is 0 Å². The van der Waals surface area contributed by atoms with Gasteiger partial charge in [0.15, 0.2) is 0 Å². The molecule has 0 heterocycles. The van der Waals surface area contributed by atoms with Gasteiger partial charge in [0.05, 0.1) is 6.26 Å². The largest absolute Gasteiger partial charge is 0.426 e. The summed E-state index contributed by atoms with van der Waals surface area (Å²) >= 11 is 0. The zero-order valence-corrected chi connectivity index (χ0v) is 7.01. The monoisotopic (exact) mass is 173 g/mol. The summed E-state index contributed by atoms with van der Waals surface area (Å²) in [6, 6.07) is 9.84. The van der Waals surface area contributed by atoms with Gasteiger partial charge in [-0.15, -0.1) is 0 Å². The molecule has 0 aliphatic heterocycles. The van der Waals surface area contributed by atoms with E-state index in [2.05, 4.69) is 4.74 Å². The molecule has 0 aliphatic rings. The Labute approximate surface area is 77.2 Å². The highest BCUT2D eigenvalue weighted by Crippen LogP contribution is 2.00. The van der Waals surface area contributed by atoms with E-state index in [0.29, 0.717) is 0 Å². The lowest BCUT2D eigenvalue weighted by Gasteiger charge is -1.88. The average Bonchev–Trinajstić information content (AvgIpc) is 2.19. The molecule has 1 rings (SSSR count). The number of hydrogen-bond donors (Lipinski definition) is 0. The summed E-state index contributed by atoms with van der Waals surface area (Å²) in [5, 5.41) is 0. The van der Waals surface area contributed by atoms with Gasteiger partial charge < -0.3 is 4.74 Å². The lowest BCUT2D eigenvalue weighted by Crippen LogP contribution is -1.70. The lowest BCUT2D eigenvalue weighted by atomic mass is 10.2. The van der Waals surface area contributed by atoms with Crippen LogP contribution in [0.5, 0.6) is 0 Å². The van der Waals surface area contributed by atoms with Gasteiger partial charge in [-0.3, -0.25) is 0 Å². The summed E-state index contributed by atoms with van der Waals surface area (Å²) in [5.74, 6) is 0. The Balaban J connectivity index is 2.45. The van der Waals surface area contributed by atoms with Crippen LogP contribution in [0.2, 0.25) is 0 Å². The van der Waals surface area contributed by atoms with Crippen molar-refractivity contribution in [2.45, 2.75) is 0 Å². The number of benzene rings is 1. The van der Waals surface area contributed by atoms with E-state index in [4.69, 9.17) is 0 Å². The fraction of sp³-hybridized carbons (Fsp3) is 0. The quantitative estimate of drug-likeness (QED) is 0.515. The molecule has 65 valence electrons. The van der Waals surface area contributed by atoms with E-state index < -0.39 is 0 Å². The first-order chi connectivity index (χ1) is 6.43. The molecule has 0 spiro atoms. The molecule has 1 aromatic carbocycles. The molecule has 0 N–H and O–H groups in total. The number of allylic oxidation sites excluding steroid dienone is 2. The molecule has 0 saturated carbocycles. The van der Waals surface area contributed by atoms with Crippen LogP contribution in [0, 0.1) is 0 Å². The molecule has 1 radical (unpaired) electrons. The highest BCUT2D eigenvalue weighted by Gasteiger charge is 1.79. The second-order valence-corrected chi connectivity index (χ2v) is 2.30. The van der Waals surface area contributed by atoms with Gasteiger partial charge in [0, 0.05) is 0 Å². The smallest absolute Gasteiger partial charge is 0.422 e. The Hall–Kier alpha value is -1.83. The van der Waals surface area contributed by atoms with Crippen molar-refractivity contribution in [2.75, 3.05) is 0 Å². The molecule has 0 saturated heterocycles. The predicted molar refractivity (Wildman–Crippen MR) is 51.4 cm³/mol. The summed E-state index contributed by atoms with van der Waals surface area (Å²) in [5.41, 5.74) is 1.10. The molecule has 0 atom stereocenters. The van der Waals surface area contributed by atoms with Crippen molar-refractivity contribution in [2.24, 2.45) is 0 Å². The van der Waals surface area contributed by atoms with E-state index in [9.17, 15) is 4.79 Å². The van der Waals surface area contributed by atoms with Crippen LogP contribution < -0.4 is 0 Å². The van der Waals surface area contributed by atoms with Gasteiger partial charge in [-0.05, 0) is 11.6 Å². The molecular weight excluding hydrogens is 164 g/mol. The summed E-state index contributed by atoms with van der Waals surface area (Å²) in [6.45, 7) is 1.30. The molecule has 2 heteroatoms. The number of ether oxygens (including phenoxy) is 1. The van der Waals surface area contributed by atoms with Crippen LogP contribution in [0.4, 0.5) is 0 Å². The standard InChI is InChI=1S/C11H9O2/c12-10-13-9-5-4-8-11-6-2-1-3-7-11/h1-9H. The van der Waals surface area contributed by atoms with Crippen molar-refractivity contribution in [1.82, 2.24) is 0 Å². The zero-order valence-electron chi connectivity index (χ0n) is 7.01. The third kappa shape index (κ3) is 3.91. The van der Waals surface area contributed by atoms with E-state index in [1.807, 2.05) is 36.4 Å². The van der Waals surface area contributed by atoms with Gasteiger partial charge in [-0.1, -0.05) is 42.5 Å². The number of rotatable bonds is 4. The number of carbonyl (C=O) groups excluding carboxylic acids is 1. The second-order valence-electron chi connectivity index (χ2n) is 2.30. The Morgan fingerprint density at radius 1 is 1.15 bits per heavy atom. The molecule has 13 heavy (non-hydrogen) atoms. The fourth-order valence-electron chi connectivity index (χ4n) is 0.843. The van der Waals surface area contributed by atoms with E-state index in [0.717, 1.165) is 5.56 Å². The molecule has 2 nitrogen and oxygen atoms in total. The van der Waals surface area contributed by atoms with Gasteiger partial charge in [0.1, 0.15) is 0 Å². The third-order valence-corrected chi connectivity index (χ3v) is 1.39. The normalized spacial score (nSPS) is 10.8. The second kappa shape index (κ2) is 5.77. The SMILES string of the molecule is O=[C]OC=CC=Cc1ccccc1. The summed E-state index contributed by atoms with van der Waals surface area (Å²) in [4.78, 5) is 9.62. The van der Waals surface area contributed by atoms with Gasteiger partial charge in [-0.2, -0.15) is 0 Å². The van der Waals surface area contributed by atoms with Crippen LogP contribution in [0.1, 0.15) is 5.56 Å². The van der Waals surface area contributed by atoms with Crippen molar-refractivity contribution in [3.05, 3.63) is 54.3 Å². The Morgan fingerprint density at radius 2 is 1.92 bits per heavy atom. The number of hydrogen-bond acceptors (Lipinski definition) is 2. The minimum atomic E-state index is 1.10. The lowest BCUT2D eigenvalue weighted by molar-refractivity contribution is 0.398. The molecule has 0 unspecified atom stereocenters. The molecule has 1 aromatic rings. The van der Waals surface area contributed by atoms with Crippen molar-refractivity contribution in [3.8, 4) is 0 Å². The molecule has 0 amide bonds. The van der Waals surface area contributed by atoms with Gasteiger partial charge in [0.2, 0.25) is 0 Å². The first-order valence-corrected chi connectivity index (χ1v) is 3.84. The van der Waals surface area contributed by atoms with E-state index in [-0.39, 0.29) is 0 Å². The van der Waals surface area contributed by atoms with Crippen molar-refractivity contribution < 1.29 is 9.53 Å². The highest BCUT2D eigenvalue weighted by molar-refractivity contribution is 5.50. The molecule has 0 aliphatic carbocycles. The minimum Gasteiger partial charge on any atom is -0.426 e. The van der Waals surface area contributed by atoms with Crippen LogP contribution in [-0.4, -0.2) is 6.47 Å². The van der Waals surface area contributed by atoms with Gasteiger partial charge >= 0.3 is 6.47 Å². The first-order valence-electron chi connectivity index (χ1n) is 3.84. The Bertz CT molecular complexity index is 299. The Kier molecular flexibility index (Phi) is 4.11. The molecule has 0 fully saturated rings. The van der Waals surface area contributed by atoms with E-state index >= 15 is 0 Å². The third-order valence-electron chi connectivity index (χ3n) is 1.39. The fourth-order valence-corrected chi connectivity index (χ4v) is 0.843. The zero-order chi connectivity index (χ0) is 9.36. The molecular formula is C11H9O2. The van der Waals surface area contributed by atoms with Crippen LogP contribution in [0.15, 0.2) is 48.7 Å². The predicted octanol–water partition coefficient (Wildman–Crippen LogP) is 2.30. The molecule has 0 bridgehead atoms. The van der Waals surface area contributed by atoms with E-state index in [1.165, 1.54) is 12.7 Å². The van der Waals surface area contributed by atoms with Crippen LogP contribution in [0.3, 0.4) is 0 Å². The topological polar surface area (TPSA) is 26.3 Å². The van der Waals surface area contributed by atoms with Gasteiger partial charge in [0.25, 0.3) is 0 Å². The summed E-state index contributed by atoms with van der Waals surface area (Å²) in [7, 11) is 0. The molecule has 0 aromatic heterocycles. The summed E-state index contributed by atoms with van der Waals surface area (Å²) in [6.07, 6.45) is 6.58.